The van der Waals surface area contributed by atoms with Crippen molar-refractivity contribution in [1.29, 1.82) is 0 Å². The summed E-state index contributed by atoms with van der Waals surface area (Å²) in [5, 5.41) is 3.11. The van der Waals surface area contributed by atoms with E-state index in [0.717, 1.165) is 16.4 Å². The largest absolute Gasteiger partial charge is 0.432 e. The Bertz CT molecular complexity index is 465. The van der Waals surface area contributed by atoms with E-state index in [0.29, 0.717) is 19.1 Å². The molecule has 0 aliphatic carbocycles. The molecule has 2 N–H and O–H groups in total. The van der Waals surface area contributed by atoms with Crippen LogP contribution in [-0.2, 0) is 13.1 Å². The van der Waals surface area contributed by atoms with Crippen LogP contribution in [0.5, 0.6) is 0 Å². The molecular formula is C10H14N4OS. The lowest BCUT2D eigenvalue weighted by Gasteiger charge is -2.11. The van der Waals surface area contributed by atoms with Crippen LogP contribution in [0.2, 0.25) is 0 Å². The molecule has 0 fully saturated rings. The van der Waals surface area contributed by atoms with Crippen molar-refractivity contribution in [2.24, 2.45) is 5.73 Å². The molecular weight excluding hydrogens is 224 g/mol. The minimum atomic E-state index is 0.396. The van der Waals surface area contributed by atoms with Gasteiger partial charge in [0.05, 0.1) is 22.9 Å². The molecule has 16 heavy (non-hydrogen) atoms. The Morgan fingerprint density at radius 2 is 2.25 bits per heavy atom. The summed E-state index contributed by atoms with van der Waals surface area (Å²) >= 11 is 1.64. The summed E-state index contributed by atoms with van der Waals surface area (Å²) in [6.07, 6.45) is 1.58. The molecule has 86 valence electrons. The Labute approximate surface area is 97.9 Å². The van der Waals surface area contributed by atoms with Crippen LogP contribution in [0.1, 0.15) is 16.4 Å². The van der Waals surface area contributed by atoms with Crippen molar-refractivity contribution in [2.45, 2.75) is 20.0 Å². The van der Waals surface area contributed by atoms with Crippen LogP contribution < -0.4 is 10.6 Å². The molecule has 0 bridgehead atoms. The summed E-state index contributed by atoms with van der Waals surface area (Å²) in [7, 11) is 1.92. The molecule has 2 rings (SSSR count). The molecule has 0 unspecified atom stereocenters. The van der Waals surface area contributed by atoms with Crippen LogP contribution in [0.4, 0.5) is 6.01 Å². The van der Waals surface area contributed by atoms with Crippen LogP contribution in [0.15, 0.2) is 16.1 Å². The number of nitrogens with zero attached hydrogens (tertiary/aromatic N) is 3. The molecule has 0 saturated heterocycles. The van der Waals surface area contributed by atoms with Gasteiger partial charge in [0, 0.05) is 19.0 Å². The second kappa shape index (κ2) is 4.63. The van der Waals surface area contributed by atoms with E-state index in [1.165, 1.54) is 0 Å². The summed E-state index contributed by atoms with van der Waals surface area (Å²) in [6.45, 7) is 3.08. The Kier molecular flexibility index (Phi) is 3.21. The number of thiazole rings is 1. The second-order valence-corrected chi connectivity index (χ2v) is 4.60. The summed E-state index contributed by atoms with van der Waals surface area (Å²) in [4.78, 5) is 10.5. The Hall–Kier alpha value is -1.40. The highest BCUT2D eigenvalue weighted by atomic mass is 32.1. The van der Waals surface area contributed by atoms with E-state index < -0.39 is 0 Å². The molecule has 0 amide bonds. The number of aromatic nitrogens is 2. The summed E-state index contributed by atoms with van der Waals surface area (Å²) in [6, 6.07) is 0.575. The molecule has 2 aromatic rings. The van der Waals surface area contributed by atoms with Gasteiger partial charge < -0.3 is 15.1 Å². The van der Waals surface area contributed by atoms with Crippen molar-refractivity contribution in [3.05, 3.63) is 28.0 Å². The van der Waals surface area contributed by atoms with Gasteiger partial charge in [0.2, 0.25) is 0 Å². The normalized spacial score (nSPS) is 10.7. The summed E-state index contributed by atoms with van der Waals surface area (Å²) in [5.74, 6) is 0. The van der Waals surface area contributed by atoms with Crippen LogP contribution in [0, 0.1) is 6.92 Å². The zero-order valence-corrected chi connectivity index (χ0v) is 10.1. The van der Waals surface area contributed by atoms with Gasteiger partial charge in [-0.3, -0.25) is 0 Å². The molecule has 0 saturated carbocycles. The van der Waals surface area contributed by atoms with Crippen molar-refractivity contribution in [3.8, 4) is 0 Å². The second-order valence-electron chi connectivity index (χ2n) is 3.54. The maximum atomic E-state index is 5.47. The molecule has 0 atom stereocenters. The first kappa shape index (κ1) is 11.1. The average Bonchev–Trinajstić information content (AvgIpc) is 2.87. The molecule has 2 aromatic heterocycles. The lowest BCUT2D eigenvalue weighted by molar-refractivity contribution is 0.543. The highest BCUT2D eigenvalue weighted by molar-refractivity contribution is 7.09. The predicted octanol–water partition coefficient (Wildman–Crippen LogP) is 1.53. The van der Waals surface area contributed by atoms with Gasteiger partial charge in [-0.15, -0.1) is 11.3 Å². The SMILES string of the molecule is Cc1nc(CN(C)c2nc(CN)co2)cs1. The van der Waals surface area contributed by atoms with E-state index in [2.05, 4.69) is 9.97 Å². The number of rotatable bonds is 4. The van der Waals surface area contributed by atoms with Crippen molar-refractivity contribution in [2.75, 3.05) is 11.9 Å². The lowest BCUT2D eigenvalue weighted by Crippen LogP contribution is -2.17. The quantitative estimate of drug-likeness (QED) is 0.875. The van der Waals surface area contributed by atoms with Crippen LogP contribution >= 0.6 is 11.3 Å². The van der Waals surface area contributed by atoms with E-state index >= 15 is 0 Å². The van der Waals surface area contributed by atoms with E-state index in [1.54, 1.807) is 17.6 Å². The van der Waals surface area contributed by atoms with E-state index in [-0.39, 0.29) is 0 Å². The molecule has 0 radical (unpaired) electrons. The highest BCUT2D eigenvalue weighted by Crippen LogP contribution is 2.16. The predicted molar refractivity (Wildman–Crippen MR) is 63.4 cm³/mol. The topological polar surface area (TPSA) is 68.2 Å². The molecule has 6 heteroatoms. The van der Waals surface area contributed by atoms with Gasteiger partial charge >= 0.3 is 0 Å². The molecule has 2 heterocycles. The first-order valence-electron chi connectivity index (χ1n) is 4.95. The first-order chi connectivity index (χ1) is 7.69. The van der Waals surface area contributed by atoms with Crippen LogP contribution in [0.25, 0.3) is 0 Å². The van der Waals surface area contributed by atoms with Gasteiger partial charge in [-0.05, 0) is 6.92 Å². The van der Waals surface area contributed by atoms with Gasteiger partial charge in [0.25, 0.3) is 6.01 Å². The van der Waals surface area contributed by atoms with Crippen molar-refractivity contribution < 1.29 is 4.42 Å². The number of anilines is 1. The fourth-order valence-corrected chi connectivity index (χ4v) is 1.96. The average molecular weight is 238 g/mol. The summed E-state index contributed by atoms with van der Waals surface area (Å²) < 4.78 is 5.31. The zero-order valence-electron chi connectivity index (χ0n) is 9.30. The lowest BCUT2D eigenvalue weighted by atomic mass is 10.4. The number of hydrogen-bond donors (Lipinski definition) is 1. The third kappa shape index (κ3) is 2.40. The Morgan fingerprint density at radius 3 is 2.81 bits per heavy atom. The van der Waals surface area contributed by atoms with Crippen LogP contribution in [-0.4, -0.2) is 17.0 Å². The third-order valence-corrected chi connectivity index (χ3v) is 2.96. The van der Waals surface area contributed by atoms with Crippen molar-refractivity contribution in [1.82, 2.24) is 9.97 Å². The zero-order chi connectivity index (χ0) is 11.5. The van der Waals surface area contributed by atoms with E-state index in [9.17, 15) is 0 Å². The maximum Gasteiger partial charge on any atom is 0.297 e. The van der Waals surface area contributed by atoms with Gasteiger partial charge in [0.1, 0.15) is 6.26 Å². The number of aryl methyl sites for hydroxylation is 1. The molecule has 0 spiro atoms. The van der Waals surface area contributed by atoms with Crippen molar-refractivity contribution >= 4 is 17.4 Å². The van der Waals surface area contributed by atoms with E-state index in [4.69, 9.17) is 10.2 Å². The highest BCUT2D eigenvalue weighted by Gasteiger charge is 2.10. The number of hydrogen-bond acceptors (Lipinski definition) is 6. The Morgan fingerprint density at radius 1 is 1.44 bits per heavy atom. The summed E-state index contributed by atoms with van der Waals surface area (Å²) in [5.41, 5.74) is 7.25. The van der Waals surface area contributed by atoms with Gasteiger partial charge in [-0.1, -0.05) is 0 Å². The fourth-order valence-electron chi connectivity index (χ4n) is 1.36. The number of nitrogens with two attached hydrogens (primary N) is 1. The van der Waals surface area contributed by atoms with Gasteiger partial charge in [0.15, 0.2) is 0 Å². The minimum absolute atomic E-state index is 0.396. The smallest absolute Gasteiger partial charge is 0.297 e. The standard InChI is InChI=1S/C10H14N4OS/c1-7-12-9(6-16-7)4-14(2)10-13-8(3-11)5-15-10/h5-6H,3-4,11H2,1-2H3. The monoisotopic (exact) mass is 238 g/mol. The van der Waals surface area contributed by atoms with E-state index in [1.807, 2.05) is 24.3 Å². The first-order valence-corrected chi connectivity index (χ1v) is 5.83. The molecule has 0 aliphatic heterocycles. The number of oxazole rings is 1. The third-order valence-electron chi connectivity index (χ3n) is 2.14. The van der Waals surface area contributed by atoms with Crippen LogP contribution in [0.3, 0.4) is 0 Å². The van der Waals surface area contributed by atoms with Gasteiger partial charge in [-0.25, -0.2) is 4.98 Å². The fraction of sp³-hybridized carbons (Fsp3) is 0.400. The maximum absolute atomic E-state index is 5.47. The Balaban J connectivity index is 2.05. The van der Waals surface area contributed by atoms with Gasteiger partial charge in [-0.2, -0.15) is 4.98 Å². The molecule has 5 nitrogen and oxygen atoms in total. The minimum Gasteiger partial charge on any atom is -0.432 e. The van der Waals surface area contributed by atoms with Crippen molar-refractivity contribution in [3.63, 3.8) is 0 Å². The molecule has 0 aromatic carbocycles. The molecule has 0 aliphatic rings.